The van der Waals surface area contributed by atoms with Gasteiger partial charge < -0.3 is 37.8 Å². The van der Waals surface area contributed by atoms with Crippen molar-refractivity contribution < 1.29 is 78.6 Å². The predicted molar refractivity (Wildman–Crippen MR) is 210 cm³/mol. The third-order valence-corrected chi connectivity index (χ3v) is 9.15. The summed E-state index contributed by atoms with van der Waals surface area (Å²) < 4.78 is 95.5. The Balaban J connectivity index is 0.000000210. The summed E-state index contributed by atoms with van der Waals surface area (Å²) in [5.74, 6) is -12.6. The van der Waals surface area contributed by atoms with Crippen LogP contribution in [-0.2, 0) is 20.8 Å². The first kappa shape index (κ1) is 49.1. The number of aromatic hydroxyl groups is 1. The van der Waals surface area contributed by atoms with Crippen LogP contribution in [0.25, 0.3) is 32.9 Å². The Morgan fingerprint density at radius 1 is 0.500 bits per heavy atom. The fourth-order valence-corrected chi connectivity index (χ4v) is 5.77. The van der Waals surface area contributed by atoms with Gasteiger partial charge in [-0.1, -0.05) is 6.92 Å². The maximum Gasteiger partial charge on any atom is 0.347 e. The van der Waals surface area contributed by atoms with Gasteiger partial charge in [-0.3, -0.25) is 14.4 Å². The van der Waals surface area contributed by atoms with E-state index in [0.717, 1.165) is 30.3 Å². The van der Waals surface area contributed by atoms with Crippen LogP contribution < -0.4 is 22.0 Å². The zero-order chi connectivity index (χ0) is 47.9. The van der Waals surface area contributed by atoms with Crippen LogP contribution in [0, 0.1) is 34.9 Å². The highest BCUT2D eigenvalue weighted by molar-refractivity contribution is 6.01. The minimum absolute atomic E-state index is 0.00187. The Kier molecular flexibility index (Phi) is 15.8. The number of carbonyl (C=O) groups is 6. The van der Waals surface area contributed by atoms with Crippen LogP contribution in [0.4, 0.5) is 26.3 Å². The molecule has 3 aromatic carbocycles. The summed E-state index contributed by atoms with van der Waals surface area (Å²) in [5.41, 5.74) is -6.24. The van der Waals surface area contributed by atoms with E-state index in [0.29, 0.717) is 6.07 Å². The molecule has 0 amide bonds. The van der Waals surface area contributed by atoms with Gasteiger partial charge in [-0.05, 0) is 69.3 Å². The standard InChI is InChI=1S/C16H14F2O4.2C14H10F2O5/c1-3-10-12(17)7-9-6-11(13(20)5-4-8(2)19)16(21)22-15(9)14(10)18;2*1-6(17)2-3-10(18)8-4-7-5-9(15)12(19)11(16)13(7)21-14(8)20/h6-7H,3-5H2,1-2H3;2*4-5,19H,2-3H2,1H3/p-1. The number of ketones is 6. The molecule has 6 aromatic rings. The zero-order valence-electron chi connectivity index (χ0n) is 33.9. The highest BCUT2D eigenvalue weighted by Gasteiger charge is 2.22. The van der Waals surface area contributed by atoms with Crippen molar-refractivity contribution in [2.24, 2.45) is 0 Å². The summed E-state index contributed by atoms with van der Waals surface area (Å²) in [6, 6.07) is 5.51. The number of benzene rings is 3. The van der Waals surface area contributed by atoms with E-state index in [2.05, 4.69) is 8.83 Å². The van der Waals surface area contributed by atoms with Crippen LogP contribution in [-0.4, -0.2) is 39.8 Å². The van der Waals surface area contributed by atoms with Crippen molar-refractivity contribution in [1.29, 1.82) is 0 Å². The van der Waals surface area contributed by atoms with Crippen LogP contribution in [0.15, 0.2) is 64.0 Å². The fraction of sp³-hybridized carbons (Fsp3) is 0.250. The summed E-state index contributed by atoms with van der Waals surface area (Å²) in [6.07, 6.45) is -0.563. The van der Waals surface area contributed by atoms with Gasteiger partial charge in [0, 0.05) is 60.2 Å². The van der Waals surface area contributed by atoms with Crippen molar-refractivity contribution in [2.45, 2.75) is 72.6 Å². The van der Waals surface area contributed by atoms with Crippen molar-refractivity contribution >= 4 is 67.6 Å². The predicted octanol–water partition coefficient (Wildman–Crippen LogP) is 7.21. The van der Waals surface area contributed by atoms with Gasteiger partial charge in [-0.25, -0.2) is 36.3 Å². The summed E-state index contributed by atoms with van der Waals surface area (Å²) in [7, 11) is 0. The van der Waals surface area contributed by atoms with E-state index in [1.165, 1.54) is 20.8 Å². The minimum atomic E-state index is -1.52. The molecule has 0 atom stereocenters. The molecule has 0 aliphatic heterocycles. The van der Waals surface area contributed by atoms with Crippen molar-refractivity contribution in [3.8, 4) is 11.5 Å². The highest BCUT2D eigenvalue weighted by Crippen LogP contribution is 2.29. The molecule has 0 fully saturated rings. The lowest BCUT2D eigenvalue weighted by molar-refractivity contribution is -0.276. The zero-order valence-corrected chi connectivity index (χ0v) is 33.9. The van der Waals surface area contributed by atoms with E-state index in [-0.39, 0.29) is 95.2 Å². The molecule has 3 heterocycles. The molecule has 0 unspecified atom stereocenters. The highest BCUT2D eigenvalue weighted by atomic mass is 19.2. The second-order valence-electron chi connectivity index (χ2n) is 14.0. The molecule has 14 nitrogen and oxygen atoms in total. The lowest BCUT2D eigenvalue weighted by Gasteiger charge is -2.10. The molecule has 0 saturated carbocycles. The number of carbonyl (C=O) groups excluding carboxylic acids is 6. The van der Waals surface area contributed by atoms with Gasteiger partial charge in [0.15, 0.2) is 57.3 Å². The van der Waals surface area contributed by atoms with Crippen molar-refractivity contribution in [3.63, 3.8) is 0 Å². The molecule has 336 valence electrons. The molecule has 0 radical (unpaired) electrons. The molecule has 1 N–H and O–H groups in total. The van der Waals surface area contributed by atoms with E-state index in [4.69, 9.17) is 9.52 Å². The fourth-order valence-electron chi connectivity index (χ4n) is 5.77. The van der Waals surface area contributed by atoms with E-state index in [1.807, 2.05) is 0 Å². The second kappa shape index (κ2) is 20.6. The van der Waals surface area contributed by atoms with Crippen LogP contribution >= 0.6 is 0 Å². The number of phenols is 1. The summed E-state index contributed by atoms with van der Waals surface area (Å²) in [5, 5.41) is 19.8. The van der Waals surface area contributed by atoms with E-state index in [1.54, 1.807) is 6.92 Å². The van der Waals surface area contributed by atoms with E-state index >= 15 is 0 Å². The van der Waals surface area contributed by atoms with Gasteiger partial charge in [0.25, 0.3) is 0 Å². The Bertz CT molecular complexity index is 2950. The number of halogens is 6. The van der Waals surface area contributed by atoms with Gasteiger partial charge in [-0.2, -0.15) is 4.39 Å². The van der Waals surface area contributed by atoms with Crippen LogP contribution in [0.2, 0.25) is 0 Å². The number of hydrogen-bond donors (Lipinski definition) is 1. The van der Waals surface area contributed by atoms with Crippen LogP contribution in [0.3, 0.4) is 0 Å². The summed E-state index contributed by atoms with van der Waals surface area (Å²) in [4.78, 5) is 103. The smallest absolute Gasteiger partial charge is 0.347 e. The normalized spacial score (nSPS) is 10.8. The van der Waals surface area contributed by atoms with Gasteiger partial charge >= 0.3 is 16.9 Å². The van der Waals surface area contributed by atoms with Crippen LogP contribution in [0.1, 0.15) is 103 Å². The first-order valence-corrected chi connectivity index (χ1v) is 18.8. The number of hydrogen-bond acceptors (Lipinski definition) is 14. The molecule has 0 bridgehead atoms. The molecule has 0 aliphatic rings. The Morgan fingerprint density at radius 3 is 1.19 bits per heavy atom. The number of phenolic OH excluding ortho intramolecular Hbond substituents is 1. The number of rotatable bonds is 13. The largest absolute Gasteiger partial charge is 0.868 e. The lowest BCUT2D eigenvalue weighted by atomic mass is 10.0. The number of Topliss-reactive ketones (excluding diaryl/α,β-unsaturated/α-hetero) is 6. The van der Waals surface area contributed by atoms with Gasteiger partial charge in [-0.15, -0.1) is 0 Å². The molecular weight excluding hydrogens is 866 g/mol. The third kappa shape index (κ3) is 11.3. The van der Waals surface area contributed by atoms with Crippen molar-refractivity contribution in [1.82, 2.24) is 0 Å². The molecule has 0 aliphatic carbocycles. The lowest BCUT2D eigenvalue weighted by Crippen LogP contribution is -2.15. The molecule has 6 rings (SSSR count). The van der Waals surface area contributed by atoms with Gasteiger partial charge in [0.05, 0.1) is 0 Å². The molecule has 64 heavy (non-hydrogen) atoms. The Labute approximate surface area is 354 Å². The second-order valence-corrected chi connectivity index (χ2v) is 14.0. The molecule has 20 heteroatoms. The van der Waals surface area contributed by atoms with Crippen LogP contribution in [0.5, 0.6) is 11.5 Å². The minimum Gasteiger partial charge on any atom is -0.868 e. The first-order chi connectivity index (χ1) is 30.0. The summed E-state index contributed by atoms with van der Waals surface area (Å²) in [6.45, 7) is 5.48. The van der Waals surface area contributed by atoms with Crippen molar-refractivity contribution in [3.05, 3.63) is 125 Å². The SMILES string of the molecule is CC(=O)CCC(=O)c1cc2cc(F)c(O)c(F)c2oc1=O.CC(=O)CCC(=O)c1cc2cc(F)c([O-])c(F)c2oc1=O.CCc1c(F)cc2cc(C(=O)CCC(C)=O)c(=O)oc2c1F. The average molecular weight is 900 g/mol. The maximum absolute atomic E-state index is 14.1. The van der Waals surface area contributed by atoms with Crippen molar-refractivity contribution in [2.75, 3.05) is 0 Å². The van der Waals surface area contributed by atoms with E-state index < -0.39 is 103 Å². The third-order valence-electron chi connectivity index (χ3n) is 9.15. The quantitative estimate of drug-likeness (QED) is 0.0685. The molecule has 3 aromatic heterocycles. The topological polar surface area (TPSA) is 236 Å². The molecule has 0 saturated heterocycles. The van der Waals surface area contributed by atoms with Gasteiger partial charge in [0.1, 0.15) is 45.7 Å². The monoisotopic (exact) mass is 899 g/mol. The first-order valence-electron chi connectivity index (χ1n) is 18.8. The molecule has 0 spiro atoms. The van der Waals surface area contributed by atoms with E-state index in [9.17, 15) is 74.6 Å². The number of fused-ring (bicyclic) bond motifs is 3. The maximum atomic E-state index is 14.1. The average Bonchev–Trinajstić information content (AvgIpc) is 3.23. The Morgan fingerprint density at radius 2 is 0.828 bits per heavy atom. The molecular formula is C44H33F6O14-. The Hall–Kier alpha value is -7.51. The summed E-state index contributed by atoms with van der Waals surface area (Å²) >= 11 is 0. The van der Waals surface area contributed by atoms with Gasteiger partial charge in [0.2, 0.25) is 5.82 Å².